The molecule has 2 aromatic rings. The molecule has 0 fully saturated rings. The van der Waals surface area contributed by atoms with Crippen LogP contribution in [0.25, 0.3) is 6.08 Å². The maximum atomic E-state index is 12.2. The highest BCUT2D eigenvalue weighted by atomic mass is 16.5. The first-order chi connectivity index (χ1) is 14.5. The first-order valence-electron chi connectivity index (χ1n) is 9.49. The minimum Gasteiger partial charge on any atom is -0.497 e. The molecule has 7 nitrogen and oxygen atoms in total. The zero-order valence-electron chi connectivity index (χ0n) is 17.7. The predicted molar refractivity (Wildman–Crippen MR) is 114 cm³/mol. The van der Waals surface area contributed by atoms with Crippen molar-refractivity contribution in [1.29, 1.82) is 0 Å². The highest BCUT2D eigenvalue weighted by molar-refractivity contribution is 5.89. The van der Waals surface area contributed by atoms with Crippen LogP contribution in [-0.4, -0.2) is 51.3 Å². The second-order valence-electron chi connectivity index (χ2n) is 6.38. The van der Waals surface area contributed by atoms with Crippen LogP contribution in [0.3, 0.4) is 0 Å². The molecule has 7 heteroatoms. The lowest BCUT2D eigenvalue weighted by Gasteiger charge is -2.17. The number of methoxy groups -OCH3 is 2. The summed E-state index contributed by atoms with van der Waals surface area (Å²) < 4.78 is 20.9. The van der Waals surface area contributed by atoms with Crippen LogP contribution < -0.4 is 14.2 Å². The zero-order chi connectivity index (χ0) is 21.9. The maximum absolute atomic E-state index is 12.2. The fourth-order valence-corrected chi connectivity index (χ4v) is 2.64. The van der Waals surface area contributed by atoms with Gasteiger partial charge in [0.1, 0.15) is 17.2 Å². The lowest BCUT2D eigenvalue weighted by Crippen LogP contribution is -2.30. The van der Waals surface area contributed by atoms with Crippen LogP contribution in [0.15, 0.2) is 48.5 Å². The number of amides is 1. The molecule has 1 amide bonds. The molecule has 0 aromatic heterocycles. The number of likely N-dealkylation sites (N-methyl/N-ethyl adjacent to an activating group) is 1. The Labute approximate surface area is 176 Å². The quantitative estimate of drug-likeness (QED) is 0.439. The van der Waals surface area contributed by atoms with Gasteiger partial charge in [0.05, 0.1) is 20.8 Å². The minimum absolute atomic E-state index is 0.301. The monoisotopic (exact) mass is 413 g/mol. The third-order valence-electron chi connectivity index (χ3n) is 4.25. The van der Waals surface area contributed by atoms with E-state index < -0.39 is 5.97 Å². The molecule has 160 valence electrons. The Morgan fingerprint density at radius 3 is 2.33 bits per heavy atom. The van der Waals surface area contributed by atoms with Crippen molar-refractivity contribution in [2.45, 2.75) is 13.5 Å². The second-order valence-corrected chi connectivity index (χ2v) is 6.38. The van der Waals surface area contributed by atoms with Gasteiger partial charge < -0.3 is 23.8 Å². The number of hydrogen-bond acceptors (Lipinski definition) is 6. The van der Waals surface area contributed by atoms with Crippen molar-refractivity contribution in [1.82, 2.24) is 4.90 Å². The normalized spacial score (nSPS) is 10.5. The molecule has 0 heterocycles. The van der Waals surface area contributed by atoms with E-state index in [1.807, 2.05) is 31.2 Å². The molecular formula is C23H27NO6. The molecule has 0 aliphatic rings. The molecule has 0 radical (unpaired) electrons. The summed E-state index contributed by atoms with van der Waals surface area (Å²) in [6.45, 7) is 2.58. The summed E-state index contributed by atoms with van der Waals surface area (Å²) in [7, 11) is 4.75. The molecule has 30 heavy (non-hydrogen) atoms. The van der Waals surface area contributed by atoms with Gasteiger partial charge in [0.15, 0.2) is 6.61 Å². The summed E-state index contributed by atoms with van der Waals surface area (Å²) in [5.74, 6) is 1.08. The van der Waals surface area contributed by atoms with Crippen LogP contribution in [0, 0.1) is 0 Å². The Balaban J connectivity index is 1.86. The summed E-state index contributed by atoms with van der Waals surface area (Å²) in [5.41, 5.74) is 1.61. The van der Waals surface area contributed by atoms with Gasteiger partial charge in [0, 0.05) is 25.2 Å². The van der Waals surface area contributed by atoms with Crippen molar-refractivity contribution in [3.63, 3.8) is 0 Å². The van der Waals surface area contributed by atoms with Crippen molar-refractivity contribution < 1.29 is 28.5 Å². The maximum Gasteiger partial charge on any atom is 0.331 e. The number of carbonyl (C=O) groups is 2. The summed E-state index contributed by atoms with van der Waals surface area (Å²) in [6.07, 6.45) is 2.80. The lowest BCUT2D eigenvalue weighted by molar-refractivity contribution is -0.147. The standard InChI is InChI=1S/C23H27NO6/c1-5-29-19-9-6-17(7-10-19)15-24(2)22(25)16-30-23(26)13-8-18-14-20(27-3)11-12-21(18)28-4/h6-14H,5,15-16H2,1-4H3/b13-8+. The first-order valence-corrected chi connectivity index (χ1v) is 9.49. The Bertz CT molecular complexity index is 876. The first kappa shape index (κ1) is 22.8. The van der Waals surface area contributed by atoms with E-state index in [2.05, 4.69) is 0 Å². The fraction of sp³-hybridized carbons (Fsp3) is 0.304. The number of hydrogen-bond donors (Lipinski definition) is 0. The Morgan fingerprint density at radius 2 is 1.70 bits per heavy atom. The molecule has 0 spiro atoms. The van der Waals surface area contributed by atoms with Crippen LogP contribution in [0.5, 0.6) is 17.2 Å². The van der Waals surface area contributed by atoms with Crippen LogP contribution >= 0.6 is 0 Å². The third kappa shape index (κ3) is 6.84. The Hall–Kier alpha value is -3.48. The van der Waals surface area contributed by atoms with Gasteiger partial charge in [-0.25, -0.2) is 4.79 Å². The fourth-order valence-electron chi connectivity index (χ4n) is 2.64. The van der Waals surface area contributed by atoms with Gasteiger partial charge in [-0.2, -0.15) is 0 Å². The Morgan fingerprint density at radius 1 is 1.00 bits per heavy atom. The van der Waals surface area contributed by atoms with Crippen molar-refractivity contribution in [2.24, 2.45) is 0 Å². The predicted octanol–water partition coefficient (Wildman–Crippen LogP) is 3.32. The molecule has 0 atom stereocenters. The van der Waals surface area contributed by atoms with Crippen LogP contribution in [0.4, 0.5) is 0 Å². The minimum atomic E-state index is -0.623. The van der Waals surface area contributed by atoms with Gasteiger partial charge in [-0.15, -0.1) is 0 Å². The molecular weight excluding hydrogens is 386 g/mol. The lowest BCUT2D eigenvalue weighted by atomic mass is 10.1. The zero-order valence-corrected chi connectivity index (χ0v) is 17.7. The average Bonchev–Trinajstić information content (AvgIpc) is 2.77. The second kappa shape index (κ2) is 11.5. The van der Waals surface area contributed by atoms with E-state index in [1.54, 1.807) is 38.4 Å². The van der Waals surface area contributed by atoms with Crippen molar-refractivity contribution in [3.8, 4) is 17.2 Å². The van der Waals surface area contributed by atoms with E-state index in [-0.39, 0.29) is 12.5 Å². The summed E-state index contributed by atoms with van der Waals surface area (Å²) in [4.78, 5) is 25.7. The van der Waals surface area contributed by atoms with E-state index in [0.717, 1.165) is 11.3 Å². The SMILES string of the molecule is CCOc1ccc(CN(C)C(=O)COC(=O)/C=C/c2cc(OC)ccc2OC)cc1. The third-order valence-corrected chi connectivity index (χ3v) is 4.25. The average molecular weight is 413 g/mol. The largest absolute Gasteiger partial charge is 0.497 e. The number of nitrogens with zero attached hydrogens (tertiary/aromatic N) is 1. The van der Waals surface area contributed by atoms with Gasteiger partial charge >= 0.3 is 5.97 Å². The van der Waals surface area contributed by atoms with Crippen molar-refractivity contribution >= 4 is 18.0 Å². The van der Waals surface area contributed by atoms with Gasteiger partial charge in [0.25, 0.3) is 5.91 Å². The molecule has 2 aromatic carbocycles. The number of benzene rings is 2. The molecule has 2 rings (SSSR count). The van der Waals surface area contributed by atoms with E-state index in [0.29, 0.717) is 30.2 Å². The van der Waals surface area contributed by atoms with Crippen LogP contribution in [-0.2, 0) is 20.9 Å². The van der Waals surface area contributed by atoms with Gasteiger partial charge in [-0.3, -0.25) is 4.79 Å². The topological polar surface area (TPSA) is 74.3 Å². The van der Waals surface area contributed by atoms with Crippen molar-refractivity contribution in [3.05, 3.63) is 59.7 Å². The van der Waals surface area contributed by atoms with Crippen LogP contribution in [0.1, 0.15) is 18.1 Å². The summed E-state index contributed by atoms with van der Waals surface area (Å²) >= 11 is 0. The number of rotatable bonds is 10. The molecule has 0 aliphatic heterocycles. The number of carbonyl (C=O) groups excluding carboxylic acids is 2. The molecule has 0 unspecified atom stereocenters. The van der Waals surface area contributed by atoms with E-state index in [4.69, 9.17) is 18.9 Å². The number of ether oxygens (including phenoxy) is 4. The highest BCUT2D eigenvalue weighted by Crippen LogP contribution is 2.25. The summed E-state index contributed by atoms with van der Waals surface area (Å²) in [5, 5.41) is 0. The highest BCUT2D eigenvalue weighted by Gasteiger charge is 2.12. The molecule has 0 saturated carbocycles. The smallest absolute Gasteiger partial charge is 0.331 e. The van der Waals surface area contributed by atoms with E-state index in [9.17, 15) is 9.59 Å². The molecule has 0 saturated heterocycles. The molecule has 0 N–H and O–H groups in total. The Kier molecular flexibility index (Phi) is 8.75. The van der Waals surface area contributed by atoms with Crippen LogP contribution in [0.2, 0.25) is 0 Å². The summed E-state index contributed by atoms with van der Waals surface area (Å²) in [6, 6.07) is 12.7. The molecule has 0 bridgehead atoms. The van der Waals surface area contributed by atoms with Crippen molar-refractivity contribution in [2.75, 3.05) is 34.5 Å². The van der Waals surface area contributed by atoms with E-state index >= 15 is 0 Å². The molecule has 0 aliphatic carbocycles. The van der Waals surface area contributed by atoms with E-state index in [1.165, 1.54) is 18.1 Å². The van der Waals surface area contributed by atoms with Gasteiger partial charge in [0.2, 0.25) is 0 Å². The van der Waals surface area contributed by atoms with Gasteiger partial charge in [-0.05, 0) is 48.9 Å². The number of esters is 1. The van der Waals surface area contributed by atoms with Gasteiger partial charge in [-0.1, -0.05) is 12.1 Å².